The SMILES string of the molecule is CCCCCCCC/C=C\C/C=C\C/C=C\CCCC(=O)O[C@H](COCCCCCCCCCCCCCCCCCC)COC(=O)CCCCCCCCCCCCC. The van der Waals surface area contributed by atoms with Crippen molar-refractivity contribution < 1.29 is 23.8 Å². The van der Waals surface area contributed by atoms with Crippen molar-refractivity contribution in [2.24, 2.45) is 0 Å². The second-order valence-electron chi connectivity index (χ2n) is 17.8. The maximum absolute atomic E-state index is 12.8. The van der Waals surface area contributed by atoms with Gasteiger partial charge in [0.2, 0.25) is 0 Å². The van der Waals surface area contributed by atoms with E-state index in [1.54, 1.807) is 0 Å². The summed E-state index contributed by atoms with van der Waals surface area (Å²) in [5.74, 6) is -0.443. The minimum Gasteiger partial charge on any atom is -0.462 e. The van der Waals surface area contributed by atoms with E-state index in [0.717, 1.165) is 51.4 Å². The number of rotatable bonds is 49. The highest BCUT2D eigenvalue weighted by molar-refractivity contribution is 5.70. The Balaban J connectivity index is 4.29. The monoisotopic (exact) mass is 843 g/mol. The molecule has 0 aliphatic rings. The topological polar surface area (TPSA) is 61.8 Å². The number of unbranched alkanes of at least 4 members (excludes halogenated alkanes) is 32. The lowest BCUT2D eigenvalue weighted by atomic mass is 10.0. The first-order valence-electron chi connectivity index (χ1n) is 26.5. The molecule has 1 atom stereocenters. The molecule has 0 aromatic heterocycles. The first kappa shape index (κ1) is 58.1. The molecule has 352 valence electrons. The first-order valence-corrected chi connectivity index (χ1v) is 26.5. The highest BCUT2D eigenvalue weighted by atomic mass is 16.6. The molecule has 0 radical (unpaired) electrons. The molecule has 0 heterocycles. The van der Waals surface area contributed by atoms with Crippen LogP contribution in [0.15, 0.2) is 36.5 Å². The van der Waals surface area contributed by atoms with Crippen LogP contribution < -0.4 is 0 Å². The summed E-state index contributed by atoms with van der Waals surface area (Å²) >= 11 is 0. The van der Waals surface area contributed by atoms with E-state index < -0.39 is 6.10 Å². The normalized spacial score (nSPS) is 12.4. The Morgan fingerprint density at radius 2 is 0.717 bits per heavy atom. The van der Waals surface area contributed by atoms with Crippen molar-refractivity contribution in [2.75, 3.05) is 19.8 Å². The van der Waals surface area contributed by atoms with Crippen LogP contribution in [-0.4, -0.2) is 37.9 Å². The van der Waals surface area contributed by atoms with Crippen LogP contribution in [0, 0.1) is 0 Å². The maximum atomic E-state index is 12.8. The van der Waals surface area contributed by atoms with Crippen LogP contribution in [0.4, 0.5) is 0 Å². The Bertz CT molecular complexity index is 955. The van der Waals surface area contributed by atoms with Crippen LogP contribution in [0.3, 0.4) is 0 Å². The number of ether oxygens (including phenoxy) is 3. The molecule has 0 rings (SSSR count). The predicted octanol–water partition coefficient (Wildman–Crippen LogP) is 17.8. The summed E-state index contributed by atoms with van der Waals surface area (Å²) in [6.07, 6.45) is 61.6. The molecule has 5 heteroatoms. The van der Waals surface area contributed by atoms with E-state index >= 15 is 0 Å². The number of hydrogen-bond acceptors (Lipinski definition) is 5. The van der Waals surface area contributed by atoms with E-state index in [4.69, 9.17) is 14.2 Å². The van der Waals surface area contributed by atoms with Gasteiger partial charge >= 0.3 is 11.9 Å². The van der Waals surface area contributed by atoms with Gasteiger partial charge in [0, 0.05) is 19.4 Å². The molecule has 0 aliphatic heterocycles. The van der Waals surface area contributed by atoms with Gasteiger partial charge in [-0.05, 0) is 51.4 Å². The molecule has 5 nitrogen and oxygen atoms in total. The van der Waals surface area contributed by atoms with E-state index in [0.29, 0.717) is 19.4 Å². The van der Waals surface area contributed by atoms with Crippen molar-refractivity contribution >= 4 is 11.9 Å². The van der Waals surface area contributed by atoms with Crippen molar-refractivity contribution in [1.82, 2.24) is 0 Å². The average molecular weight is 843 g/mol. The van der Waals surface area contributed by atoms with Crippen molar-refractivity contribution in [3.8, 4) is 0 Å². The van der Waals surface area contributed by atoms with E-state index in [1.165, 1.54) is 193 Å². The molecular weight excluding hydrogens is 741 g/mol. The summed E-state index contributed by atoms with van der Waals surface area (Å²) in [5, 5.41) is 0. The molecule has 0 amide bonds. The van der Waals surface area contributed by atoms with Gasteiger partial charge in [-0.1, -0.05) is 250 Å². The van der Waals surface area contributed by atoms with Gasteiger partial charge in [0.15, 0.2) is 6.10 Å². The zero-order valence-electron chi connectivity index (χ0n) is 40.5. The molecule has 0 unspecified atom stereocenters. The van der Waals surface area contributed by atoms with Gasteiger partial charge in [0.05, 0.1) is 6.61 Å². The van der Waals surface area contributed by atoms with Gasteiger partial charge in [-0.25, -0.2) is 0 Å². The molecule has 60 heavy (non-hydrogen) atoms. The number of esters is 2. The lowest BCUT2D eigenvalue weighted by Gasteiger charge is -2.18. The van der Waals surface area contributed by atoms with Gasteiger partial charge in [0.1, 0.15) is 6.61 Å². The van der Waals surface area contributed by atoms with Crippen LogP contribution in [0.1, 0.15) is 278 Å². The van der Waals surface area contributed by atoms with Crippen LogP contribution in [0.25, 0.3) is 0 Å². The minimum atomic E-state index is -0.555. The average Bonchev–Trinajstić information content (AvgIpc) is 3.25. The number of carbonyl (C=O) groups is 2. The lowest BCUT2D eigenvalue weighted by molar-refractivity contribution is -0.162. The van der Waals surface area contributed by atoms with Crippen LogP contribution >= 0.6 is 0 Å². The lowest BCUT2D eigenvalue weighted by Crippen LogP contribution is -2.30. The number of hydrogen-bond donors (Lipinski definition) is 0. The zero-order valence-corrected chi connectivity index (χ0v) is 40.5. The Kier molecular flexibility index (Phi) is 49.9. The second-order valence-corrected chi connectivity index (χ2v) is 17.8. The fourth-order valence-corrected chi connectivity index (χ4v) is 7.70. The molecule has 0 N–H and O–H groups in total. The Morgan fingerprint density at radius 3 is 1.17 bits per heavy atom. The summed E-state index contributed by atoms with van der Waals surface area (Å²) in [4.78, 5) is 25.3. The van der Waals surface area contributed by atoms with Gasteiger partial charge in [0.25, 0.3) is 0 Å². The summed E-state index contributed by atoms with van der Waals surface area (Å²) in [6, 6.07) is 0. The smallest absolute Gasteiger partial charge is 0.306 e. The van der Waals surface area contributed by atoms with Gasteiger partial charge < -0.3 is 14.2 Å². The van der Waals surface area contributed by atoms with Crippen molar-refractivity contribution in [3.63, 3.8) is 0 Å². The Morgan fingerprint density at radius 1 is 0.367 bits per heavy atom. The van der Waals surface area contributed by atoms with E-state index in [-0.39, 0.29) is 25.2 Å². The molecule has 0 bridgehead atoms. The molecule has 0 aromatic carbocycles. The van der Waals surface area contributed by atoms with Crippen molar-refractivity contribution in [2.45, 2.75) is 284 Å². The second kappa shape index (κ2) is 51.5. The van der Waals surface area contributed by atoms with Crippen LogP contribution in [-0.2, 0) is 23.8 Å². The van der Waals surface area contributed by atoms with Crippen LogP contribution in [0.2, 0.25) is 0 Å². The Hall–Kier alpha value is -1.88. The van der Waals surface area contributed by atoms with Gasteiger partial charge in [-0.2, -0.15) is 0 Å². The first-order chi connectivity index (χ1) is 29.6. The van der Waals surface area contributed by atoms with Gasteiger partial charge in [-0.3, -0.25) is 9.59 Å². The summed E-state index contributed by atoms with van der Waals surface area (Å²) in [6.45, 7) is 7.81. The third-order valence-corrected chi connectivity index (χ3v) is 11.7. The maximum Gasteiger partial charge on any atom is 0.306 e. The largest absolute Gasteiger partial charge is 0.462 e. The van der Waals surface area contributed by atoms with E-state index in [9.17, 15) is 9.59 Å². The molecule has 0 aliphatic carbocycles. The Labute approximate surface area is 374 Å². The summed E-state index contributed by atoms with van der Waals surface area (Å²) in [5.41, 5.74) is 0. The standard InChI is InChI=1S/C55H102O5/c1-4-7-10-13-16-19-22-24-26-28-29-31-34-37-40-43-46-49-55(57)60-53(52-59-54(56)48-45-42-39-36-33-21-18-15-12-9-6-3)51-58-50-47-44-41-38-35-32-30-27-25-23-20-17-14-11-8-5-2/h24,26,29,31,37,40,53H,4-23,25,27-28,30,32-36,38-39,41-52H2,1-3H3/b26-24-,31-29-,40-37-/t53-/m1/s1. The highest BCUT2D eigenvalue weighted by Crippen LogP contribution is 2.15. The molecular formula is C55H102O5. The fourth-order valence-electron chi connectivity index (χ4n) is 7.70. The van der Waals surface area contributed by atoms with Crippen molar-refractivity contribution in [3.05, 3.63) is 36.5 Å². The van der Waals surface area contributed by atoms with Crippen molar-refractivity contribution in [1.29, 1.82) is 0 Å². The summed E-state index contributed by atoms with van der Waals surface area (Å²) in [7, 11) is 0. The quantitative estimate of drug-likeness (QED) is 0.0347. The van der Waals surface area contributed by atoms with Gasteiger partial charge in [-0.15, -0.1) is 0 Å². The van der Waals surface area contributed by atoms with E-state index in [1.807, 2.05) is 0 Å². The number of allylic oxidation sites excluding steroid dienone is 6. The zero-order chi connectivity index (χ0) is 43.5. The molecule has 0 spiro atoms. The summed E-state index contributed by atoms with van der Waals surface area (Å²) < 4.78 is 17.4. The molecule has 0 saturated heterocycles. The van der Waals surface area contributed by atoms with Crippen LogP contribution in [0.5, 0.6) is 0 Å². The molecule has 0 aromatic rings. The highest BCUT2D eigenvalue weighted by Gasteiger charge is 2.17. The molecule has 0 saturated carbocycles. The third-order valence-electron chi connectivity index (χ3n) is 11.7. The predicted molar refractivity (Wildman–Crippen MR) is 261 cm³/mol. The fraction of sp³-hybridized carbons (Fsp3) is 0.855. The minimum absolute atomic E-state index is 0.0715. The third kappa shape index (κ3) is 48.8. The number of carbonyl (C=O) groups excluding carboxylic acids is 2. The van der Waals surface area contributed by atoms with E-state index in [2.05, 4.69) is 57.2 Å². The molecule has 0 fully saturated rings.